The van der Waals surface area contributed by atoms with Gasteiger partial charge in [-0.05, 0) is 77.7 Å². The van der Waals surface area contributed by atoms with Crippen molar-refractivity contribution in [2.75, 3.05) is 0 Å². The summed E-state index contributed by atoms with van der Waals surface area (Å²) < 4.78 is 17.7. The van der Waals surface area contributed by atoms with Gasteiger partial charge in [0.2, 0.25) is 0 Å². The highest BCUT2D eigenvalue weighted by atomic mass is 16.7. The molecular weight excluding hydrogens is 429 g/mol. The van der Waals surface area contributed by atoms with Crippen molar-refractivity contribution >= 4 is 29.4 Å². The summed E-state index contributed by atoms with van der Waals surface area (Å²) in [5.41, 5.74) is 1.61. The summed E-state index contributed by atoms with van der Waals surface area (Å²) in [4.78, 5) is 19.8. The first-order valence-electron chi connectivity index (χ1n) is 11.7. The topological polar surface area (TPSA) is 85.5 Å². The fourth-order valence-electron chi connectivity index (χ4n) is 3.81. The van der Waals surface area contributed by atoms with Crippen LogP contribution >= 0.6 is 0 Å². The second-order valence-electron chi connectivity index (χ2n) is 11.0. The number of H-pyrrole nitrogens is 1. The Morgan fingerprint density at radius 3 is 2.32 bits per heavy atom. The fourth-order valence-corrected chi connectivity index (χ4v) is 3.81. The number of alkyl carbamates (subject to hydrolysis) is 1. The van der Waals surface area contributed by atoms with Crippen molar-refractivity contribution in [2.45, 2.75) is 78.2 Å². The fraction of sp³-hybridized carbons (Fsp3) is 0.462. The molecule has 1 amide bonds. The Kier molecular flexibility index (Phi) is 6.02. The average Bonchev–Trinajstić information content (AvgIpc) is 3.28. The Bertz CT molecular complexity index is 1200. The first kappa shape index (κ1) is 24.3. The van der Waals surface area contributed by atoms with Gasteiger partial charge in [0.25, 0.3) is 0 Å². The molecule has 180 valence electrons. The number of carbonyl (C=O) groups excluding carboxylic acids is 1. The maximum atomic E-state index is 12.1. The normalized spacial score (nSPS) is 18.2. The quantitative estimate of drug-likeness (QED) is 0.525. The van der Waals surface area contributed by atoms with Crippen molar-refractivity contribution in [1.29, 1.82) is 0 Å². The van der Waals surface area contributed by atoms with E-state index in [0.717, 1.165) is 27.5 Å². The zero-order chi connectivity index (χ0) is 24.9. The number of hydrogen-bond donors (Lipinski definition) is 2. The van der Waals surface area contributed by atoms with Gasteiger partial charge >= 0.3 is 13.2 Å². The molecule has 1 unspecified atom stereocenters. The number of ether oxygens (including phenoxy) is 1. The van der Waals surface area contributed by atoms with E-state index in [4.69, 9.17) is 14.0 Å². The molecule has 2 aromatic carbocycles. The van der Waals surface area contributed by atoms with Gasteiger partial charge in [0.05, 0.1) is 29.1 Å². The van der Waals surface area contributed by atoms with Gasteiger partial charge in [-0.15, -0.1) is 0 Å². The molecule has 0 saturated carbocycles. The minimum Gasteiger partial charge on any atom is -0.444 e. The predicted octanol–water partition coefficient (Wildman–Crippen LogP) is 5.11. The van der Waals surface area contributed by atoms with Crippen LogP contribution in [0.4, 0.5) is 4.79 Å². The summed E-state index contributed by atoms with van der Waals surface area (Å²) in [6.07, 6.45) is 1.31. The van der Waals surface area contributed by atoms with Crippen LogP contribution in [0.5, 0.6) is 0 Å². The van der Waals surface area contributed by atoms with Crippen molar-refractivity contribution in [3.63, 3.8) is 0 Å². The minimum absolute atomic E-state index is 0.313. The third kappa shape index (κ3) is 4.98. The van der Waals surface area contributed by atoms with Crippen molar-refractivity contribution in [2.24, 2.45) is 0 Å². The van der Waals surface area contributed by atoms with Gasteiger partial charge in [-0.2, -0.15) is 0 Å². The number of aromatic amines is 1. The molecule has 0 aliphatic carbocycles. The molecule has 34 heavy (non-hydrogen) atoms. The van der Waals surface area contributed by atoms with Crippen molar-refractivity contribution in [1.82, 2.24) is 15.3 Å². The smallest absolute Gasteiger partial charge is 0.444 e. The predicted molar refractivity (Wildman–Crippen MR) is 135 cm³/mol. The van der Waals surface area contributed by atoms with Crippen LogP contribution in [0.25, 0.3) is 22.0 Å². The van der Waals surface area contributed by atoms with Crippen LogP contribution in [0, 0.1) is 0 Å². The lowest BCUT2D eigenvalue weighted by atomic mass is 9.78. The van der Waals surface area contributed by atoms with Gasteiger partial charge in [-0.3, -0.25) is 0 Å². The van der Waals surface area contributed by atoms with Gasteiger partial charge in [-0.1, -0.05) is 30.3 Å². The highest BCUT2D eigenvalue weighted by Gasteiger charge is 2.51. The summed E-state index contributed by atoms with van der Waals surface area (Å²) in [5.74, 6) is 0.664. The van der Waals surface area contributed by atoms with Crippen LogP contribution in [0.2, 0.25) is 0 Å². The Balaban J connectivity index is 1.50. The third-order valence-electron chi connectivity index (χ3n) is 6.44. The van der Waals surface area contributed by atoms with Gasteiger partial charge in [0.15, 0.2) is 0 Å². The number of hydrogen-bond acceptors (Lipinski definition) is 5. The zero-order valence-electron chi connectivity index (χ0n) is 21.3. The van der Waals surface area contributed by atoms with Crippen molar-refractivity contribution in [3.8, 4) is 11.3 Å². The number of aromatic nitrogens is 2. The van der Waals surface area contributed by atoms with Crippen molar-refractivity contribution < 1.29 is 18.8 Å². The van der Waals surface area contributed by atoms with E-state index < -0.39 is 11.7 Å². The summed E-state index contributed by atoms with van der Waals surface area (Å²) in [6, 6.07) is 12.2. The van der Waals surface area contributed by atoms with Crippen LogP contribution in [0.3, 0.4) is 0 Å². The number of benzene rings is 2. The van der Waals surface area contributed by atoms with Gasteiger partial charge < -0.3 is 24.3 Å². The number of nitrogens with one attached hydrogen (secondary N) is 2. The number of amides is 1. The molecular formula is C26H34BN3O4. The molecule has 1 aliphatic rings. The number of imidazole rings is 1. The molecule has 1 aliphatic heterocycles. The van der Waals surface area contributed by atoms with Gasteiger partial charge in [-0.25, -0.2) is 9.78 Å². The Hall–Kier alpha value is -2.84. The SMILES string of the molecule is CC(NC(=O)OC(C)(C)C)c1ncc(-c2ccc3cc(B4OC(C)(C)C(C)(C)O4)ccc3c2)[nH]1. The Morgan fingerprint density at radius 1 is 1.06 bits per heavy atom. The molecule has 2 heterocycles. The lowest BCUT2D eigenvalue weighted by molar-refractivity contribution is 0.00578. The molecule has 4 rings (SSSR count). The molecule has 2 N–H and O–H groups in total. The number of carbonyl (C=O) groups is 1. The van der Waals surface area contributed by atoms with Crippen molar-refractivity contribution in [3.05, 3.63) is 48.4 Å². The van der Waals surface area contributed by atoms with E-state index in [9.17, 15) is 4.79 Å². The van der Waals surface area contributed by atoms with Crippen LogP contribution in [-0.4, -0.2) is 40.0 Å². The second kappa shape index (κ2) is 8.43. The molecule has 1 saturated heterocycles. The number of fused-ring (bicyclic) bond motifs is 1. The van der Waals surface area contributed by atoms with Crippen LogP contribution in [0.15, 0.2) is 42.6 Å². The highest BCUT2D eigenvalue weighted by Crippen LogP contribution is 2.36. The standard InChI is InChI=1S/C26H34BN3O4/c1-16(29-23(31)32-24(2,3)4)22-28-15-21(30-22)19-10-9-18-14-20(12-11-17(18)13-19)27-33-25(5,6)26(7,8)34-27/h9-16H,1-8H3,(H,28,30)(H,29,31). The summed E-state index contributed by atoms with van der Waals surface area (Å²) in [5, 5.41) is 5.03. The summed E-state index contributed by atoms with van der Waals surface area (Å²) in [7, 11) is -0.386. The lowest BCUT2D eigenvalue weighted by Gasteiger charge is -2.32. The van der Waals surface area contributed by atoms with E-state index in [2.05, 4.69) is 79.4 Å². The maximum absolute atomic E-state index is 12.1. The van der Waals surface area contributed by atoms with Gasteiger partial charge in [0.1, 0.15) is 11.4 Å². The van der Waals surface area contributed by atoms with Crippen LogP contribution < -0.4 is 10.8 Å². The molecule has 0 radical (unpaired) electrons. The molecule has 1 aromatic heterocycles. The second-order valence-corrected chi connectivity index (χ2v) is 11.0. The summed E-state index contributed by atoms with van der Waals surface area (Å²) >= 11 is 0. The van der Waals surface area contributed by atoms with Crippen LogP contribution in [0.1, 0.15) is 67.3 Å². The van der Waals surface area contributed by atoms with E-state index in [1.807, 2.05) is 27.7 Å². The van der Waals surface area contributed by atoms with E-state index in [-0.39, 0.29) is 24.4 Å². The van der Waals surface area contributed by atoms with Crippen LogP contribution in [-0.2, 0) is 14.0 Å². The first-order chi connectivity index (χ1) is 15.7. The largest absolute Gasteiger partial charge is 0.494 e. The lowest BCUT2D eigenvalue weighted by Crippen LogP contribution is -2.41. The van der Waals surface area contributed by atoms with E-state index in [1.165, 1.54) is 0 Å². The monoisotopic (exact) mass is 463 g/mol. The molecule has 8 heteroatoms. The van der Waals surface area contributed by atoms with Gasteiger partial charge in [0, 0.05) is 5.56 Å². The Morgan fingerprint density at radius 2 is 1.68 bits per heavy atom. The number of rotatable bonds is 4. The molecule has 1 atom stereocenters. The molecule has 7 nitrogen and oxygen atoms in total. The zero-order valence-corrected chi connectivity index (χ0v) is 21.3. The third-order valence-corrected chi connectivity index (χ3v) is 6.44. The minimum atomic E-state index is -0.550. The Labute approximate surface area is 201 Å². The van der Waals surface area contributed by atoms with E-state index in [1.54, 1.807) is 6.20 Å². The van der Waals surface area contributed by atoms with E-state index in [0.29, 0.717) is 5.82 Å². The molecule has 3 aromatic rings. The summed E-state index contributed by atoms with van der Waals surface area (Å²) in [6.45, 7) is 15.6. The molecule has 0 spiro atoms. The number of nitrogens with zero attached hydrogens (tertiary/aromatic N) is 1. The molecule has 0 bridgehead atoms. The first-order valence-corrected chi connectivity index (χ1v) is 11.7. The van der Waals surface area contributed by atoms with E-state index >= 15 is 0 Å². The average molecular weight is 463 g/mol. The molecule has 1 fully saturated rings. The highest BCUT2D eigenvalue weighted by molar-refractivity contribution is 6.62. The maximum Gasteiger partial charge on any atom is 0.494 e.